The molecule has 6 heteroatoms. The van der Waals surface area contributed by atoms with Crippen LogP contribution in [0.1, 0.15) is 5.56 Å². The Morgan fingerprint density at radius 1 is 1.26 bits per heavy atom. The number of hydrogen-bond donors (Lipinski definition) is 2. The minimum Gasteiger partial charge on any atom is -0.294 e. The first kappa shape index (κ1) is 11.9. The number of nitrogens with one attached hydrogen (secondary N) is 1. The Kier molecular flexibility index (Phi) is 3.02. The molecule has 19 heavy (non-hydrogen) atoms. The first-order valence-corrected chi connectivity index (χ1v) is 6.66. The number of hydrogen-bond acceptors (Lipinski definition) is 5. The van der Waals surface area contributed by atoms with Gasteiger partial charge in [0.15, 0.2) is 0 Å². The maximum absolute atomic E-state index is 12.4. The molecule has 0 atom stereocenters. The van der Waals surface area contributed by atoms with E-state index in [-0.39, 0.29) is 5.56 Å². The van der Waals surface area contributed by atoms with Gasteiger partial charge in [0.25, 0.3) is 5.56 Å². The van der Waals surface area contributed by atoms with Crippen LogP contribution in [0.15, 0.2) is 46.6 Å². The van der Waals surface area contributed by atoms with Gasteiger partial charge in [0.2, 0.25) is 5.95 Å². The number of aromatic nitrogens is 2. The zero-order chi connectivity index (χ0) is 13.2. The smallest absolute Gasteiger partial charge is 0.273 e. The van der Waals surface area contributed by atoms with Crippen molar-refractivity contribution in [2.24, 2.45) is 5.84 Å². The van der Waals surface area contributed by atoms with Gasteiger partial charge in [0.1, 0.15) is 4.70 Å². The predicted molar refractivity (Wildman–Crippen MR) is 77.2 cm³/mol. The van der Waals surface area contributed by atoms with Crippen molar-refractivity contribution in [1.29, 1.82) is 0 Å². The Balaban J connectivity index is 2.16. The molecule has 3 rings (SSSR count). The van der Waals surface area contributed by atoms with Gasteiger partial charge in [-0.05, 0) is 17.0 Å². The number of rotatable bonds is 3. The van der Waals surface area contributed by atoms with E-state index in [1.807, 2.05) is 41.8 Å². The van der Waals surface area contributed by atoms with Gasteiger partial charge in [-0.1, -0.05) is 30.3 Å². The molecule has 0 unspecified atom stereocenters. The fraction of sp³-hybridized carbons (Fsp3) is 0.0769. The summed E-state index contributed by atoms with van der Waals surface area (Å²) in [7, 11) is 0. The average molecular weight is 272 g/mol. The Hall–Kier alpha value is -2.18. The lowest BCUT2D eigenvalue weighted by molar-refractivity contribution is 0.756. The highest BCUT2D eigenvalue weighted by atomic mass is 32.1. The summed E-state index contributed by atoms with van der Waals surface area (Å²) in [6.07, 6.45) is 0. The molecule has 0 spiro atoms. The summed E-state index contributed by atoms with van der Waals surface area (Å²) in [6.45, 7) is 0.444. The molecule has 2 aromatic heterocycles. The molecular formula is C13H12N4OS. The highest BCUT2D eigenvalue weighted by Gasteiger charge is 2.11. The van der Waals surface area contributed by atoms with Crippen LogP contribution in [0.4, 0.5) is 5.95 Å². The number of thiophene rings is 1. The lowest BCUT2D eigenvalue weighted by Gasteiger charge is -2.11. The molecule has 2 heterocycles. The molecule has 0 aliphatic carbocycles. The topological polar surface area (TPSA) is 72.9 Å². The molecule has 1 aromatic carbocycles. The number of hydrazine groups is 1. The monoisotopic (exact) mass is 272 g/mol. The number of nitrogen functional groups attached to an aromatic ring is 1. The summed E-state index contributed by atoms with van der Waals surface area (Å²) in [4.78, 5) is 16.8. The highest BCUT2D eigenvalue weighted by molar-refractivity contribution is 7.17. The third-order valence-electron chi connectivity index (χ3n) is 2.88. The summed E-state index contributed by atoms with van der Waals surface area (Å²) in [6, 6.07) is 11.6. The van der Waals surface area contributed by atoms with E-state index in [1.54, 1.807) is 4.57 Å². The van der Waals surface area contributed by atoms with Crippen LogP contribution < -0.4 is 16.8 Å². The molecule has 0 radical (unpaired) electrons. The van der Waals surface area contributed by atoms with Crippen LogP contribution in [-0.4, -0.2) is 9.55 Å². The van der Waals surface area contributed by atoms with Crippen LogP contribution in [0.2, 0.25) is 0 Å². The second-order valence-electron chi connectivity index (χ2n) is 4.09. The molecule has 0 saturated carbocycles. The molecule has 5 nitrogen and oxygen atoms in total. The first-order chi connectivity index (χ1) is 9.29. The normalized spacial score (nSPS) is 10.8. The molecule has 0 saturated heterocycles. The second kappa shape index (κ2) is 4.83. The maximum Gasteiger partial charge on any atom is 0.273 e. The summed E-state index contributed by atoms with van der Waals surface area (Å²) in [5, 5.41) is 1.85. The van der Waals surface area contributed by atoms with Gasteiger partial charge in [-0.15, -0.1) is 11.3 Å². The van der Waals surface area contributed by atoms with E-state index in [1.165, 1.54) is 11.3 Å². The molecule has 0 amide bonds. The number of fused-ring (bicyclic) bond motifs is 1. The van der Waals surface area contributed by atoms with Crippen molar-refractivity contribution in [2.45, 2.75) is 6.54 Å². The summed E-state index contributed by atoms with van der Waals surface area (Å²) in [5.74, 6) is 5.84. The largest absolute Gasteiger partial charge is 0.294 e. The number of nitrogens with two attached hydrogens (primary N) is 1. The van der Waals surface area contributed by atoms with Gasteiger partial charge in [-0.2, -0.15) is 0 Å². The quantitative estimate of drug-likeness (QED) is 0.563. The van der Waals surface area contributed by atoms with Gasteiger partial charge >= 0.3 is 0 Å². The van der Waals surface area contributed by atoms with Gasteiger partial charge in [-0.3, -0.25) is 14.8 Å². The van der Waals surface area contributed by atoms with Gasteiger partial charge in [0, 0.05) is 0 Å². The molecule has 0 bridgehead atoms. The van der Waals surface area contributed by atoms with Crippen LogP contribution in [0.3, 0.4) is 0 Å². The van der Waals surface area contributed by atoms with E-state index in [9.17, 15) is 4.79 Å². The number of benzene rings is 1. The number of anilines is 1. The maximum atomic E-state index is 12.4. The molecule has 3 aromatic rings. The molecule has 96 valence electrons. The zero-order valence-electron chi connectivity index (χ0n) is 10.0. The van der Waals surface area contributed by atoms with E-state index >= 15 is 0 Å². The second-order valence-corrected chi connectivity index (χ2v) is 5.01. The molecular weight excluding hydrogens is 260 g/mol. The van der Waals surface area contributed by atoms with Crippen molar-refractivity contribution >= 4 is 27.5 Å². The molecule has 0 aliphatic rings. The Morgan fingerprint density at radius 3 is 2.79 bits per heavy atom. The highest BCUT2D eigenvalue weighted by Crippen LogP contribution is 2.17. The van der Waals surface area contributed by atoms with Crippen molar-refractivity contribution in [3.63, 3.8) is 0 Å². The zero-order valence-corrected chi connectivity index (χ0v) is 10.9. The van der Waals surface area contributed by atoms with Crippen LogP contribution >= 0.6 is 11.3 Å². The SMILES string of the molecule is NNc1nc2ccsc2c(=O)n1Cc1ccccc1. The minimum absolute atomic E-state index is 0.0724. The minimum atomic E-state index is -0.0724. The summed E-state index contributed by atoms with van der Waals surface area (Å²) in [5.41, 5.74) is 4.12. The third-order valence-corrected chi connectivity index (χ3v) is 3.77. The Morgan fingerprint density at radius 2 is 2.05 bits per heavy atom. The van der Waals surface area contributed by atoms with Gasteiger partial charge in [0.05, 0.1) is 12.1 Å². The fourth-order valence-corrected chi connectivity index (χ4v) is 2.75. The third kappa shape index (κ3) is 2.11. The fourth-order valence-electron chi connectivity index (χ4n) is 1.97. The van der Waals surface area contributed by atoms with E-state index in [0.717, 1.165) is 5.56 Å². The summed E-state index contributed by atoms with van der Waals surface area (Å²) < 4.78 is 2.20. The van der Waals surface area contributed by atoms with Crippen molar-refractivity contribution < 1.29 is 0 Å². The van der Waals surface area contributed by atoms with Gasteiger partial charge in [-0.25, -0.2) is 10.8 Å². The molecule has 0 aliphatic heterocycles. The Bertz CT molecular complexity index is 763. The van der Waals surface area contributed by atoms with E-state index in [0.29, 0.717) is 22.7 Å². The first-order valence-electron chi connectivity index (χ1n) is 5.78. The van der Waals surface area contributed by atoms with Crippen molar-refractivity contribution in [3.8, 4) is 0 Å². The molecule has 0 fully saturated rings. The average Bonchev–Trinajstić information content (AvgIpc) is 2.91. The molecule has 3 N–H and O–H groups in total. The van der Waals surface area contributed by atoms with Crippen LogP contribution in [0, 0.1) is 0 Å². The summed E-state index contributed by atoms with van der Waals surface area (Å²) >= 11 is 1.39. The van der Waals surface area contributed by atoms with Crippen LogP contribution in [0.25, 0.3) is 10.2 Å². The lowest BCUT2D eigenvalue weighted by atomic mass is 10.2. The van der Waals surface area contributed by atoms with Gasteiger partial charge < -0.3 is 0 Å². The van der Waals surface area contributed by atoms with E-state index in [4.69, 9.17) is 5.84 Å². The van der Waals surface area contributed by atoms with Crippen LogP contribution in [-0.2, 0) is 6.54 Å². The lowest BCUT2D eigenvalue weighted by Crippen LogP contribution is -2.27. The van der Waals surface area contributed by atoms with Crippen molar-refractivity contribution in [3.05, 3.63) is 57.7 Å². The van der Waals surface area contributed by atoms with Crippen LogP contribution in [0.5, 0.6) is 0 Å². The standard InChI is InChI=1S/C13H12N4OS/c14-16-13-15-10-6-7-19-11(10)12(18)17(13)8-9-4-2-1-3-5-9/h1-7H,8,14H2,(H,15,16). The van der Waals surface area contributed by atoms with Crippen molar-refractivity contribution in [1.82, 2.24) is 9.55 Å². The number of nitrogens with zero attached hydrogens (tertiary/aromatic N) is 2. The Labute approximate surface area is 113 Å². The van der Waals surface area contributed by atoms with E-state index in [2.05, 4.69) is 10.4 Å². The predicted octanol–water partition coefficient (Wildman–Crippen LogP) is 1.79. The van der Waals surface area contributed by atoms with Crippen molar-refractivity contribution in [2.75, 3.05) is 5.43 Å². The van der Waals surface area contributed by atoms with E-state index < -0.39 is 0 Å².